The van der Waals surface area contributed by atoms with E-state index in [2.05, 4.69) is 21.2 Å². The Bertz CT molecular complexity index is 378. The number of hydrogen-bond donors (Lipinski definition) is 1. The Morgan fingerprint density at radius 3 is 2.69 bits per heavy atom. The van der Waals surface area contributed by atoms with Gasteiger partial charge in [-0.1, -0.05) is 0 Å². The van der Waals surface area contributed by atoms with Crippen LogP contribution in [0.2, 0.25) is 0 Å². The van der Waals surface area contributed by atoms with Gasteiger partial charge in [0.1, 0.15) is 0 Å². The van der Waals surface area contributed by atoms with E-state index in [-0.39, 0.29) is 5.82 Å². The van der Waals surface area contributed by atoms with Gasteiger partial charge in [0.25, 0.3) is 0 Å². The molecule has 1 aromatic rings. The molecule has 1 heterocycles. The Morgan fingerprint density at radius 2 is 2.06 bits per heavy atom. The summed E-state index contributed by atoms with van der Waals surface area (Å²) in [6, 6.07) is 3.68. The fraction of sp³-hybridized carbons (Fsp3) is 0.500. The number of rotatable bonds is 2. The number of methoxy groups -OCH3 is 1. The molecule has 1 saturated heterocycles. The number of halogens is 2. The van der Waals surface area contributed by atoms with Gasteiger partial charge in [0.15, 0.2) is 11.6 Å². The van der Waals surface area contributed by atoms with Crippen molar-refractivity contribution in [2.45, 2.75) is 18.8 Å². The Morgan fingerprint density at radius 1 is 1.38 bits per heavy atom. The van der Waals surface area contributed by atoms with E-state index in [4.69, 9.17) is 4.74 Å². The lowest BCUT2D eigenvalue weighted by Crippen LogP contribution is -2.26. The van der Waals surface area contributed by atoms with Gasteiger partial charge < -0.3 is 10.1 Å². The molecule has 0 spiro atoms. The van der Waals surface area contributed by atoms with Crippen molar-refractivity contribution < 1.29 is 9.13 Å². The summed E-state index contributed by atoms with van der Waals surface area (Å²) in [5, 5.41) is 3.32. The van der Waals surface area contributed by atoms with Crippen molar-refractivity contribution in [3.05, 3.63) is 28.0 Å². The molecule has 1 aliphatic heterocycles. The molecule has 0 bridgehead atoms. The lowest BCUT2D eigenvalue weighted by atomic mass is 9.90. The van der Waals surface area contributed by atoms with Gasteiger partial charge in [0, 0.05) is 0 Å². The molecular weight excluding hydrogens is 273 g/mol. The van der Waals surface area contributed by atoms with Crippen molar-refractivity contribution in [1.29, 1.82) is 0 Å². The van der Waals surface area contributed by atoms with Crippen molar-refractivity contribution in [2.24, 2.45) is 0 Å². The average Bonchev–Trinajstić information content (AvgIpc) is 2.33. The van der Waals surface area contributed by atoms with Gasteiger partial charge in [-0.15, -0.1) is 0 Å². The predicted molar refractivity (Wildman–Crippen MR) is 65.5 cm³/mol. The summed E-state index contributed by atoms with van der Waals surface area (Å²) in [6.45, 7) is 2.06. The summed E-state index contributed by atoms with van der Waals surface area (Å²) in [7, 11) is 1.50. The van der Waals surface area contributed by atoms with E-state index in [1.807, 2.05) is 12.1 Å². The van der Waals surface area contributed by atoms with Crippen LogP contribution in [0.4, 0.5) is 4.39 Å². The Kier molecular flexibility index (Phi) is 3.82. The van der Waals surface area contributed by atoms with Gasteiger partial charge in [-0.05, 0) is 65.5 Å². The third kappa shape index (κ3) is 2.38. The highest BCUT2D eigenvalue weighted by atomic mass is 79.9. The van der Waals surface area contributed by atoms with E-state index in [1.165, 1.54) is 7.11 Å². The molecule has 16 heavy (non-hydrogen) atoms. The monoisotopic (exact) mass is 287 g/mol. The van der Waals surface area contributed by atoms with E-state index in [0.717, 1.165) is 31.5 Å². The first-order valence-corrected chi connectivity index (χ1v) is 6.25. The molecule has 4 heteroatoms. The maximum absolute atomic E-state index is 13.6. The van der Waals surface area contributed by atoms with Crippen molar-refractivity contribution in [2.75, 3.05) is 20.2 Å². The van der Waals surface area contributed by atoms with E-state index < -0.39 is 0 Å². The molecule has 0 unspecified atom stereocenters. The van der Waals surface area contributed by atoms with Crippen LogP contribution in [0, 0.1) is 5.82 Å². The minimum absolute atomic E-state index is 0.319. The van der Waals surface area contributed by atoms with Gasteiger partial charge in [-0.2, -0.15) is 0 Å². The van der Waals surface area contributed by atoms with Crippen molar-refractivity contribution in [3.8, 4) is 5.75 Å². The second kappa shape index (κ2) is 5.15. The Hall–Kier alpha value is -0.610. The largest absolute Gasteiger partial charge is 0.494 e. The lowest BCUT2D eigenvalue weighted by molar-refractivity contribution is 0.382. The van der Waals surface area contributed by atoms with Crippen LogP contribution in [0.1, 0.15) is 24.3 Å². The highest BCUT2D eigenvalue weighted by Crippen LogP contribution is 2.33. The molecule has 2 rings (SSSR count). The fourth-order valence-electron chi connectivity index (χ4n) is 2.12. The Labute approximate surface area is 103 Å². The average molecular weight is 288 g/mol. The first-order valence-electron chi connectivity index (χ1n) is 5.46. The summed E-state index contributed by atoms with van der Waals surface area (Å²) in [6.07, 6.45) is 2.20. The zero-order valence-corrected chi connectivity index (χ0v) is 10.8. The minimum Gasteiger partial charge on any atom is -0.494 e. The van der Waals surface area contributed by atoms with Gasteiger partial charge in [0.05, 0.1) is 11.6 Å². The predicted octanol–water partition coefficient (Wildman–Crippen LogP) is 3.06. The van der Waals surface area contributed by atoms with Gasteiger partial charge in [-0.3, -0.25) is 0 Å². The molecule has 1 aliphatic rings. The van der Waals surface area contributed by atoms with Gasteiger partial charge in [-0.25, -0.2) is 4.39 Å². The second-order valence-corrected chi connectivity index (χ2v) is 4.90. The molecule has 1 fully saturated rings. The molecule has 0 saturated carbocycles. The number of hydrogen-bond acceptors (Lipinski definition) is 2. The molecule has 2 nitrogen and oxygen atoms in total. The van der Waals surface area contributed by atoms with Crippen LogP contribution in [0.5, 0.6) is 5.75 Å². The molecule has 88 valence electrons. The number of piperidine rings is 1. The van der Waals surface area contributed by atoms with Gasteiger partial charge in [0.2, 0.25) is 0 Å². The molecule has 1 aromatic carbocycles. The summed E-state index contributed by atoms with van der Waals surface area (Å²) in [5.74, 6) is 0.509. The third-order valence-electron chi connectivity index (χ3n) is 3.05. The summed E-state index contributed by atoms with van der Waals surface area (Å²) in [5.41, 5.74) is 1.16. The minimum atomic E-state index is -0.319. The SMILES string of the molecule is COc1cc(C2CCNCC2)cc(Br)c1F. The molecule has 0 aromatic heterocycles. The Balaban J connectivity index is 2.29. The number of benzene rings is 1. The van der Waals surface area contributed by atoms with Crippen LogP contribution in [-0.2, 0) is 0 Å². The molecule has 0 amide bonds. The van der Waals surface area contributed by atoms with E-state index in [1.54, 1.807) is 0 Å². The number of nitrogens with one attached hydrogen (secondary N) is 1. The van der Waals surface area contributed by atoms with Crippen LogP contribution in [0.25, 0.3) is 0 Å². The second-order valence-electron chi connectivity index (χ2n) is 4.04. The first kappa shape index (κ1) is 11.9. The fourth-order valence-corrected chi connectivity index (χ4v) is 2.58. The topological polar surface area (TPSA) is 21.3 Å². The van der Waals surface area contributed by atoms with Crippen LogP contribution >= 0.6 is 15.9 Å². The van der Waals surface area contributed by atoms with Crippen LogP contribution in [0.3, 0.4) is 0 Å². The van der Waals surface area contributed by atoms with Gasteiger partial charge >= 0.3 is 0 Å². The van der Waals surface area contributed by atoms with Crippen molar-refractivity contribution >= 4 is 15.9 Å². The molecular formula is C12H15BrFNO. The van der Waals surface area contributed by atoms with Crippen molar-refractivity contribution in [1.82, 2.24) is 5.32 Å². The van der Waals surface area contributed by atoms with E-state index >= 15 is 0 Å². The zero-order valence-electron chi connectivity index (χ0n) is 9.22. The summed E-state index contributed by atoms with van der Waals surface area (Å²) >= 11 is 3.23. The standard InChI is InChI=1S/C12H15BrFNO/c1-16-11-7-9(6-10(13)12(11)14)8-2-4-15-5-3-8/h6-8,15H,2-5H2,1H3. The molecule has 0 atom stereocenters. The van der Waals surface area contributed by atoms with Crippen molar-refractivity contribution in [3.63, 3.8) is 0 Å². The molecule has 0 radical (unpaired) electrons. The quantitative estimate of drug-likeness (QED) is 0.903. The summed E-state index contributed by atoms with van der Waals surface area (Å²) in [4.78, 5) is 0. The summed E-state index contributed by atoms with van der Waals surface area (Å²) < 4.78 is 19.1. The first-order chi connectivity index (χ1) is 7.72. The van der Waals surface area contributed by atoms with Crippen LogP contribution < -0.4 is 10.1 Å². The van der Waals surface area contributed by atoms with E-state index in [0.29, 0.717) is 16.1 Å². The maximum Gasteiger partial charge on any atom is 0.179 e. The lowest BCUT2D eigenvalue weighted by Gasteiger charge is -2.23. The zero-order chi connectivity index (χ0) is 11.5. The van der Waals surface area contributed by atoms with Crippen LogP contribution in [0.15, 0.2) is 16.6 Å². The smallest absolute Gasteiger partial charge is 0.179 e. The van der Waals surface area contributed by atoms with Crippen LogP contribution in [-0.4, -0.2) is 20.2 Å². The molecule has 1 N–H and O–H groups in total. The molecule has 0 aliphatic carbocycles. The van der Waals surface area contributed by atoms with E-state index in [9.17, 15) is 4.39 Å². The third-order valence-corrected chi connectivity index (χ3v) is 3.62. The number of ether oxygens (including phenoxy) is 1. The highest BCUT2D eigenvalue weighted by molar-refractivity contribution is 9.10. The maximum atomic E-state index is 13.6. The highest BCUT2D eigenvalue weighted by Gasteiger charge is 2.18. The normalized spacial score (nSPS) is 17.4.